The summed E-state index contributed by atoms with van der Waals surface area (Å²) in [7, 11) is 0. The Morgan fingerprint density at radius 1 is 1.42 bits per heavy atom. The molecule has 1 aromatic carbocycles. The van der Waals surface area contributed by atoms with Crippen molar-refractivity contribution in [1.82, 2.24) is 9.55 Å². The molecule has 0 saturated heterocycles. The first-order valence-corrected chi connectivity index (χ1v) is 5.48. The van der Waals surface area contributed by atoms with Gasteiger partial charge in [0.15, 0.2) is 0 Å². The highest BCUT2D eigenvalue weighted by Crippen LogP contribution is 2.38. The summed E-state index contributed by atoms with van der Waals surface area (Å²) >= 11 is 0. The molecule has 0 aliphatic heterocycles. The average Bonchev–Trinajstić information content (AvgIpc) is 2.60. The van der Waals surface area contributed by atoms with Crippen molar-refractivity contribution in [2.45, 2.75) is 26.6 Å². The summed E-state index contributed by atoms with van der Waals surface area (Å²) < 4.78 is 40.0. The van der Waals surface area contributed by atoms with Gasteiger partial charge in [0.2, 0.25) is 0 Å². The number of benzene rings is 1. The van der Waals surface area contributed by atoms with Crippen molar-refractivity contribution in [3.05, 3.63) is 33.6 Å². The molecule has 0 atom stereocenters. The van der Waals surface area contributed by atoms with E-state index in [1.165, 1.54) is 0 Å². The fourth-order valence-electron chi connectivity index (χ4n) is 2.06. The molecule has 0 amide bonds. The van der Waals surface area contributed by atoms with Crippen molar-refractivity contribution in [1.29, 1.82) is 0 Å². The normalized spacial score (nSPS) is 12.1. The molecule has 0 radical (unpaired) electrons. The maximum absolute atomic E-state index is 12.8. The van der Waals surface area contributed by atoms with Crippen LogP contribution in [0.3, 0.4) is 0 Å². The van der Waals surface area contributed by atoms with Gasteiger partial charge in [0.05, 0.1) is 16.0 Å². The Kier molecular flexibility index (Phi) is 2.95. The lowest BCUT2D eigenvalue weighted by Gasteiger charge is -2.08. The quantitative estimate of drug-likeness (QED) is 0.623. The SMILES string of the molecule is CCn1c(C)nc2cc(C(F)(F)F)c([N+](=O)[O-])cc21. The summed E-state index contributed by atoms with van der Waals surface area (Å²) in [6, 6.07) is 1.66. The number of imidazole rings is 1. The molecule has 5 nitrogen and oxygen atoms in total. The van der Waals surface area contributed by atoms with E-state index in [4.69, 9.17) is 0 Å². The Hall–Kier alpha value is -2.12. The molecule has 1 heterocycles. The van der Waals surface area contributed by atoms with Crippen LogP contribution in [0.25, 0.3) is 11.0 Å². The van der Waals surface area contributed by atoms with Crippen LogP contribution in [0.15, 0.2) is 12.1 Å². The van der Waals surface area contributed by atoms with Gasteiger partial charge in [-0.25, -0.2) is 4.98 Å². The third kappa shape index (κ3) is 2.13. The van der Waals surface area contributed by atoms with Crippen LogP contribution < -0.4 is 0 Å². The topological polar surface area (TPSA) is 61.0 Å². The fourth-order valence-corrected chi connectivity index (χ4v) is 2.06. The van der Waals surface area contributed by atoms with Gasteiger partial charge in [-0.15, -0.1) is 0 Å². The minimum Gasteiger partial charge on any atom is -0.328 e. The molecule has 8 heteroatoms. The predicted molar refractivity (Wildman–Crippen MR) is 61.8 cm³/mol. The van der Waals surface area contributed by atoms with Crippen LogP contribution >= 0.6 is 0 Å². The molecule has 102 valence electrons. The van der Waals surface area contributed by atoms with Crippen LogP contribution in [0.4, 0.5) is 18.9 Å². The zero-order valence-corrected chi connectivity index (χ0v) is 10.2. The molecule has 0 saturated carbocycles. The fraction of sp³-hybridized carbons (Fsp3) is 0.364. The molecular weight excluding hydrogens is 263 g/mol. The molecule has 2 aromatic rings. The number of aromatic nitrogens is 2. The largest absolute Gasteiger partial charge is 0.423 e. The molecule has 19 heavy (non-hydrogen) atoms. The molecule has 2 rings (SSSR count). The lowest BCUT2D eigenvalue weighted by Crippen LogP contribution is -2.09. The van der Waals surface area contributed by atoms with Crippen LogP contribution in [-0.4, -0.2) is 14.5 Å². The highest BCUT2D eigenvalue weighted by atomic mass is 19.4. The van der Waals surface area contributed by atoms with Gasteiger partial charge in [0, 0.05) is 12.6 Å². The van der Waals surface area contributed by atoms with Gasteiger partial charge >= 0.3 is 6.18 Å². The molecule has 0 aliphatic rings. The summed E-state index contributed by atoms with van der Waals surface area (Å²) in [6.45, 7) is 3.91. The van der Waals surface area contributed by atoms with Crippen molar-refractivity contribution < 1.29 is 18.1 Å². The zero-order valence-electron chi connectivity index (χ0n) is 10.2. The Bertz CT molecular complexity index is 661. The predicted octanol–water partition coefficient (Wildman–Crippen LogP) is 3.29. The van der Waals surface area contributed by atoms with Gasteiger partial charge in [-0.1, -0.05) is 0 Å². The standard InChI is InChI=1S/C11H10F3N3O2/c1-3-16-6(2)15-8-4-7(11(12,13)14)9(17(18)19)5-10(8)16/h4-5H,3H2,1-2H3. The molecule has 0 spiro atoms. The second-order valence-electron chi connectivity index (χ2n) is 4.02. The molecule has 0 unspecified atom stereocenters. The number of rotatable bonds is 2. The van der Waals surface area contributed by atoms with E-state index >= 15 is 0 Å². The monoisotopic (exact) mass is 273 g/mol. The summed E-state index contributed by atoms with van der Waals surface area (Å²) in [5.41, 5.74) is -1.78. The Labute approximate surface area is 105 Å². The van der Waals surface area contributed by atoms with Crippen LogP contribution in [0.1, 0.15) is 18.3 Å². The van der Waals surface area contributed by atoms with E-state index in [1.54, 1.807) is 18.4 Å². The summed E-state index contributed by atoms with van der Waals surface area (Å²) in [4.78, 5) is 13.8. The van der Waals surface area contributed by atoms with Gasteiger partial charge in [0.25, 0.3) is 5.69 Å². The number of fused-ring (bicyclic) bond motifs is 1. The second kappa shape index (κ2) is 4.22. The minimum atomic E-state index is -4.78. The van der Waals surface area contributed by atoms with E-state index in [9.17, 15) is 23.3 Å². The van der Waals surface area contributed by atoms with Crippen molar-refractivity contribution >= 4 is 16.7 Å². The molecular formula is C11H10F3N3O2. The smallest absolute Gasteiger partial charge is 0.328 e. The maximum Gasteiger partial charge on any atom is 0.423 e. The van der Waals surface area contributed by atoms with Crippen molar-refractivity contribution in [2.24, 2.45) is 0 Å². The molecule has 0 fully saturated rings. The number of hydrogen-bond donors (Lipinski definition) is 0. The van der Waals surface area contributed by atoms with Crippen molar-refractivity contribution in [3.8, 4) is 0 Å². The van der Waals surface area contributed by atoms with Gasteiger partial charge < -0.3 is 4.57 Å². The number of halogens is 3. The lowest BCUT2D eigenvalue weighted by atomic mass is 10.1. The number of alkyl halides is 3. The van der Waals surface area contributed by atoms with Gasteiger partial charge in [-0.05, 0) is 19.9 Å². The van der Waals surface area contributed by atoms with Crippen molar-refractivity contribution in [2.75, 3.05) is 0 Å². The Morgan fingerprint density at radius 3 is 2.53 bits per heavy atom. The van der Waals surface area contributed by atoms with Crippen LogP contribution in [0.5, 0.6) is 0 Å². The molecule has 1 aromatic heterocycles. The second-order valence-corrected chi connectivity index (χ2v) is 4.02. The number of hydrogen-bond acceptors (Lipinski definition) is 3. The van der Waals surface area contributed by atoms with Gasteiger partial charge in [-0.2, -0.15) is 13.2 Å². The number of nitrogens with zero attached hydrogens (tertiary/aromatic N) is 3. The molecule has 0 bridgehead atoms. The van der Waals surface area contributed by atoms with E-state index in [2.05, 4.69) is 4.98 Å². The third-order valence-electron chi connectivity index (χ3n) is 2.87. The Morgan fingerprint density at radius 2 is 2.05 bits per heavy atom. The van der Waals surface area contributed by atoms with Crippen molar-refractivity contribution in [3.63, 3.8) is 0 Å². The number of nitro groups is 1. The highest BCUT2D eigenvalue weighted by molar-refractivity contribution is 5.80. The van der Waals surface area contributed by atoms with Crippen LogP contribution in [-0.2, 0) is 12.7 Å². The Balaban J connectivity index is 2.84. The average molecular weight is 273 g/mol. The molecule has 0 aliphatic carbocycles. The summed E-state index contributed by atoms with van der Waals surface area (Å²) in [5.74, 6) is 0.520. The maximum atomic E-state index is 12.8. The minimum absolute atomic E-state index is 0.109. The third-order valence-corrected chi connectivity index (χ3v) is 2.87. The van der Waals surface area contributed by atoms with E-state index in [0.29, 0.717) is 17.9 Å². The van der Waals surface area contributed by atoms with Crippen LogP contribution in [0, 0.1) is 17.0 Å². The van der Waals surface area contributed by atoms with Gasteiger partial charge in [0.1, 0.15) is 11.4 Å². The van der Waals surface area contributed by atoms with E-state index in [1.807, 2.05) is 0 Å². The van der Waals surface area contributed by atoms with E-state index in [0.717, 1.165) is 12.1 Å². The first-order valence-electron chi connectivity index (χ1n) is 5.48. The summed E-state index contributed by atoms with van der Waals surface area (Å²) in [6.07, 6.45) is -4.78. The van der Waals surface area contributed by atoms with E-state index < -0.39 is 22.4 Å². The van der Waals surface area contributed by atoms with Gasteiger partial charge in [-0.3, -0.25) is 10.1 Å². The first-order chi connectivity index (χ1) is 8.75. The lowest BCUT2D eigenvalue weighted by molar-refractivity contribution is -0.387. The molecule has 0 N–H and O–H groups in total. The first kappa shape index (κ1) is 13.3. The van der Waals surface area contributed by atoms with E-state index in [-0.39, 0.29) is 5.52 Å². The van der Waals surface area contributed by atoms with Crippen LogP contribution in [0.2, 0.25) is 0 Å². The summed E-state index contributed by atoms with van der Waals surface area (Å²) in [5, 5.41) is 10.8. The highest BCUT2D eigenvalue weighted by Gasteiger charge is 2.39. The number of aryl methyl sites for hydroxylation is 2. The zero-order chi connectivity index (χ0) is 14.4. The number of nitro benzene ring substituents is 1.